The topological polar surface area (TPSA) is 439 Å². The second kappa shape index (κ2) is 22.3. The minimum Gasteiger partial charge on any atom is -0.494 e. The Morgan fingerprint density at radius 3 is 2.04 bits per heavy atom. The zero-order valence-electron chi connectivity index (χ0n) is 40.8. The number of aromatic hydroxyl groups is 1. The fourth-order valence-electron chi connectivity index (χ4n) is 7.93. The molecule has 0 bridgehead atoms. The van der Waals surface area contributed by atoms with Crippen molar-refractivity contribution >= 4 is 140 Å². The quantitative estimate of drug-likeness (QED) is 0.0179. The van der Waals surface area contributed by atoms with Crippen LogP contribution in [0.2, 0.25) is 0 Å². The van der Waals surface area contributed by atoms with Gasteiger partial charge in [0.15, 0.2) is 11.3 Å². The molecule has 0 fully saturated rings. The normalized spacial score (nSPS) is 13.7. The maximum atomic E-state index is 12.6. The number of thiazole rings is 1. The van der Waals surface area contributed by atoms with Crippen molar-refractivity contribution in [3.8, 4) is 23.4 Å². The van der Waals surface area contributed by atoms with E-state index >= 15 is 0 Å². The van der Waals surface area contributed by atoms with E-state index < -0.39 is 87.7 Å². The van der Waals surface area contributed by atoms with Crippen LogP contribution in [-0.4, -0.2) is 115 Å². The van der Waals surface area contributed by atoms with Crippen molar-refractivity contribution in [1.29, 1.82) is 5.26 Å². The highest BCUT2D eigenvalue weighted by Gasteiger charge is 2.28. The van der Waals surface area contributed by atoms with E-state index in [9.17, 15) is 75.2 Å². The number of hydrogen-bond acceptors (Lipinski definition) is 24. The maximum Gasteiger partial charge on any atom is 0.296 e. The summed E-state index contributed by atoms with van der Waals surface area (Å²) in [6, 6.07) is 9.57. The zero-order chi connectivity index (χ0) is 57.6. The highest BCUT2D eigenvalue weighted by atomic mass is 32.2. The van der Waals surface area contributed by atoms with Gasteiger partial charge in [0.1, 0.15) is 49.8 Å². The third-order valence-corrected chi connectivity index (χ3v) is 17.9. The van der Waals surface area contributed by atoms with E-state index in [0.717, 1.165) is 17.8 Å². The van der Waals surface area contributed by atoms with Crippen LogP contribution in [0.25, 0.3) is 32.7 Å². The van der Waals surface area contributed by atoms with E-state index in [4.69, 9.17) is 9.47 Å². The number of benzene rings is 4. The highest BCUT2D eigenvalue weighted by molar-refractivity contribution is 7.99. The minimum atomic E-state index is -5.30. The van der Waals surface area contributed by atoms with Crippen LogP contribution in [0.3, 0.4) is 0 Å². The molecule has 3 aromatic heterocycles. The van der Waals surface area contributed by atoms with Crippen LogP contribution in [0.5, 0.6) is 17.4 Å². The first-order valence-corrected chi connectivity index (χ1v) is 31.7. The van der Waals surface area contributed by atoms with Gasteiger partial charge in [-0.1, -0.05) is 17.4 Å². The molecule has 6 N–H and O–H groups in total. The molecular weight excluding hydrogens is 1180 g/mol. The number of thioether (sulfide) groups is 1. The number of nitrogens with zero attached hydrogens (tertiary/aromatic N) is 10. The fraction of sp³-hybridized carbons (Fsp3) is 0.250. The second-order valence-electron chi connectivity index (χ2n) is 17.0. The van der Waals surface area contributed by atoms with Crippen molar-refractivity contribution in [2.75, 3.05) is 31.0 Å². The van der Waals surface area contributed by atoms with Crippen molar-refractivity contribution in [3.05, 3.63) is 76.6 Å². The zero-order valence-corrected chi connectivity index (χ0v) is 46.5. The van der Waals surface area contributed by atoms with Gasteiger partial charge in [-0.15, -0.1) is 42.4 Å². The van der Waals surface area contributed by atoms with Crippen molar-refractivity contribution in [2.24, 2.45) is 30.7 Å². The molecule has 0 atom stereocenters. The monoisotopic (exact) mass is 1220 g/mol. The first kappa shape index (κ1) is 58.2. The number of ether oxygens (including phenoxy) is 2. The van der Waals surface area contributed by atoms with Gasteiger partial charge in [-0.3, -0.25) is 27.2 Å². The molecule has 28 nitrogen and oxygen atoms in total. The lowest BCUT2D eigenvalue weighted by Crippen LogP contribution is -2.08. The molecule has 0 aliphatic heterocycles. The number of methoxy groups -OCH3 is 1. The number of pyridine rings is 1. The van der Waals surface area contributed by atoms with E-state index in [-0.39, 0.29) is 103 Å². The average molecular weight is 1220 g/mol. The summed E-state index contributed by atoms with van der Waals surface area (Å²) in [5.41, 5.74) is 1.81. The third-order valence-electron chi connectivity index (χ3n) is 11.6. The lowest BCUT2D eigenvalue weighted by atomic mass is 10.1. The van der Waals surface area contributed by atoms with Crippen LogP contribution in [0.1, 0.15) is 47.3 Å². The van der Waals surface area contributed by atoms with Crippen molar-refractivity contribution in [3.63, 3.8) is 0 Å². The summed E-state index contributed by atoms with van der Waals surface area (Å²) in [5, 5.41) is 46.3. The molecule has 8 rings (SSSR count). The Kier molecular flexibility index (Phi) is 16.4. The summed E-state index contributed by atoms with van der Waals surface area (Å²) in [4.78, 5) is 5.95. The molecule has 0 amide bonds. The molecule has 416 valence electrons. The van der Waals surface area contributed by atoms with Crippen LogP contribution < -0.4 is 9.47 Å². The molecule has 0 radical (unpaired) electrons. The Morgan fingerprint density at radius 2 is 1.38 bits per heavy atom. The molecule has 1 aliphatic carbocycles. The van der Waals surface area contributed by atoms with Gasteiger partial charge in [-0.2, -0.15) is 47.4 Å². The predicted octanol–water partition coefficient (Wildman–Crippen LogP) is 9.27. The van der Waals surface area contributed by atoms with Gasteiger partial charge in [0, 0.05) is 33.4 Å². The Balaban J connectivity index is 1.20. The van der Waals surface area contributed by atoms with Crippen LogP contribution in [0.4, 0.5) is 33.6 Å². The number of imidazole rings is 1. The van der Waals surface area contributed by atoms with Crippen LogP contribution in [0, 0.1) is 25.2 Å². The first-order valence-electron chi connectivity index (χ1n) is 22.4. The molecular formula is C44H40N10O18S7. The van der Waals surface area contributed by atoms with E-state index in [1.54, 1.807) is 19.9 Å². The summed E-state index contributed by atoms with van der Waals surface area (Å²) in [7, 11) is -23.1. The predicted molar refractivity (Wildman–Crippen MR) is 285 cm³/mol. The largest absolute Gasteiger partial charge is 0.494 e. The Bertz CT molecular complexity index is 4460. The summed E-state index contributed by atoms with van der Waals surface area (Å²) in [6.07, 6.45) is 4.72. The number of aromatic nitrogens is 3. The number of fused-ring (bicyclic) bond motifs is 6. The Hall–Kier alpha value is -6.95. The van der Waals surface area contributed by atoms with E-state index in [2.05, 4.69) is 46.7 Å². The Labute approximate surface area is 457 Å². The minimum absolute atomic E-state index is 0.000875. The highest BCUT2D eigenvalue weighted by Crippen LogP contribution is 2.46. The average Bonchev–Trinajstić information content (AvgIpc) is 4.21. The standard InChI is InChI=1S/C44H40N10O18S7/c1-22-14-32(51-49-30-19-35(72-10-6-12-75(56,57)58)31(18-34(30)71-3)50-52-39-23(2)27(21-45)42-46-28-8-4-5-9-33(28)54(42)43(39)55)36(73-11-7-13-76(59,60)61)20-29(22)48-53-44-47-40-38(79(68,69)70)17-25-26(41(40)74-44)15-24(77(62,63)64)16-37(25)78(65,66)67/h5,9,14-20,55H,4,6-8,10-13H2,1-3H3,(H,56,57,58)(H,59,60,61)(H,62,63,64)(H,65,66,67)(H,68,69,70). The van der Waals surface area contributed by atoms with Crippen molar-refractivity contribution in [2.45, 2.75) is 59.1 Å². The smallest absolute Gasteiger partial charge is 0.296 e. The molecule has 35 heteroatoms. The van der Waals surface area contributed by atoms with Crippen LogP contribution in [0.15, 0.2) is 98.8 Å². The number of nitriles is 1. The Morgan fingerprint density at radius 1 is 0.734 bits per heavy atom. The lowest BCUT2D eigenvalue weighted by molar-refractivity contribution is 0.316. The van der Waals surface area contributed by atoms with Gasteiger partial charge in [0.25, 0.3) is 50.6 Å². The van der Waals surface area contributed by atoms with Crippen LogP contribution >= 0.6 is 23.1 Å². The van der Waals surface area contributed by atoms with E-state index in [1.165, 1.54) is 35.8 Å². The number of azo groups is 3. The molecule has 4 aromatic carbocycles. The molecule has 1 aliphatic rings. The summed E-state index contributed by atoms with van der Waals surface area (Å²) >= 11 is 1.61. The maximum absolute atomic E-state index is 12.6. The number of allylic oxidation sites excluding steroid dienone is 1. The van der Waals surface area contributed by atoms with Gasteiger partial charge in [-0.25, -0.2) is 9.97 Å². The molecule has 0 saturated carbocycles. The molecule has 79 heavy (non-hydrogen) atoms. The van der Waals surface area contributed by atoms with Gasteiger partial charge in [0.2, 0.25) is 11.0 Å². The summed E-state index contributed by atoms with van der Waals surface area (Å²) in [5.74, 6) is -1.59. The number of hydrogen-bond donors (Lipinski definition) is 6. The van der Waals surface area contributed by atoms with Crippen molar-refractivity contribution < 1.29 is 79.4 Å². The summed E-state index contributed by atoms with van der Waals surface area (Å²) < 4.78 is 182. The fourth-order valence-corrected chi connectivity index (χ4v) is 13.0. The van der Waals surface area contributed by atoms with E-state index in [0.29, 0.717) is 58.2 Å². The number of rotatable bonds is 20. The van der Waals surface area contributed by atoms with Crippen LogP contribution in [-0.2, 0) is 57.0 Å². The van der Waals surface area contributed by atoms with E-state index in [1.807, 2.05) is 6.08 Å². The van der Waals surface area contributed by atoms with Gasteiger partial charge in [-0.05, 0) is 87.3 Å². The summed E-state index contributed by atoms with van der Waals surface area (Å²) in [6.45, 7) is 2.85. The first-order chi connectivity index (χ1) is 37.0. The van der Waals surface area contributed by atoms with Gasteiger partial charge >= 0.3 is 0 Å². The van der Waals surface area contributed by atoms with Crippen molar-refractivity contribution in [1.82, 2.24) is 14.4 Å². The molecule has 3 heterocycles. The second-order valence-corrected chi connectivity index (χ2v) is 26.5. The van der Waals surface area contributed by atoms with Gasteiger partial charge in [0.05, 0.1) is 57.6 Å². The lowest BCUT2D eigenvalue weighted by Gasteiger charge is -2.13. The SMILES string of the molecule is COc1cc(N=Nc2c(C)c(C#N)c3nc4c(n3c2O)C=CCC4)c(OCCCS(=O)(=O)O)cc1N=Nc1cc(C)c(N=Nc2nc3c(S(=O)(=O)O)cc4c(S(=O)(=O)O)cc(S(=O)(=O)O)cc4c3s2)cc1SCCCS(=O)(=O)O. The number of aryl methyl sites for hydroxylation is 2. The molecule has 0 saturated heterocycles. The van der Waals surface area contributed by atoms with Gasteiger partial charge < -0.3 is 14.6 Å². The molecule has 7 aromatic rings. The third kappa shape index (κ3) is 13.1. The molecule has 0 spiro atoms. The molecule has 0 unspecified atom stereocenters.